The molecule has 0 spiro atoms. The molecule has 30 heavy (non-hydrogen) atoms. The number of ether oxygens (including phenoxy) is 1. The zero-order chi connectivity index (χ0) is 21.3. The van der Waals surface area contributed by atoms with Crippen molar-refractivity contribution in [3.63, 3.8) is 0 Å². The van der Waals surface area contributed by atoms with Crippen LogP contribution in [0.3, 0.4) is 0 Å². The summed E-state index contributed by atoms with van der Waals surface area (Å²) >= 11 is 1.47. The summed E-state index contributed by atoms with van der Waals surface area (Å²) in [6, 6.07) is 4.28. The predicted octanol–water partition coefficient (Wildman–Crippen LogP) is 2.41. The van der Waals surface area contributed by atoms with Crippen molar-refractivity contribution in [1.82, 2.24) is 14.8 Å². The van der Waals surface area contributed by atoms with Crippen LogP contribution in [0.2, 0.25) is 0 Å². The monoisotopic (exact) mass is 429 g/mol. The topological polar surface area (TPSA) is 104 Å². The van der Waals surface area contributed by atoms with E-state index in [0.29, 0.717) is 41.5 Å². The molecule has 0 fully saturated rings. The summed E-state index contributed by atoms with van der Waals surface area (Å²) in [7, 11) is 3.63. The summed E-state index contributed by atoms with van der Waals surface area (Å²) in [5, 5.41) is 6.02. The third kappa shape index (κ3) is 4.07. The number of carbonyl (C=O) groups is 3. The number of likely N-dealkylation sites (N-methyl/N-ethyl adjacent to an activating group) is 1. The van der Waals surface area contributed by atoms with Gasteiger partial charge in [0.15, 0.2) is 5.13 Å². The molecule has 0 saturated carbocycles. The van der Waals surface area contributed by atoms with Crippen LogP contribution in [0.1, 0.15) is 37.7 Å². The van der Waals surface area contributed by atoms with Crippen LogP contribution in [0.25, 0.3) is 0 Å². The standard InChI is InChI=1S/C20H23N5O4S/c1-24-8-6-15-16(11-24)30-20(22-15)23-19(28)21-12-4-5-13-14(10-12)18(27)25(17(13)26)7-3-9-29-2/h4-5,10H,3,6-9,11H2,1-2H3,(H2,21,22,23,28). The van der Waals surface area contributed by atoms with Crippen LogP contribution in [-0.2, 0) is 17.7 Å². The van der Waals surface area contributed by atoms with Crippen molar-refractivity contribution in [3.8, 4) is 0 Å². The molecule has 1 aromatic carbocycles. The number of aromatic nitrogens is 1. The van der Waals surface area contributed by atoms with Gasteiger partial charge in [-0.05, 0) is 31.7 Å². The van der Waals surface area contributed by atoms with Crippen molar-refractivity contribution < 1.29 is 19.1 Å². The van der Waals surface area contributed by atoms with Gasteiger partial charge in [0.1, 0.15) is 0 Å². The van der Waals surface area contributed by atoms with Gasteiger partial charge in [-0.3, -0.25) is 19.8 Å². The van der Waals surface area contributed by atoms with Crippen LogP contribution in [0.5, 0.6) is 0 Å². The molecule has 0 aliphatic carbocycles. The summed E-state index contributed by atoms with van der Waals surface area (Å²) in [6.07, 6.45) is 1.44. The van der Waals surface area contributed by atoms with Gasteiger partial charge >= 0.3 is 6.03 Å². The molecule has 0 saturated heterocycles. The first-order chi connectivity index (χ1) is 14.5. The Labute approximate surface area is 178 Å². The predicted molar refractivity (Wildman–Crippen MR) is 113 cm³/mol. The number of nitrogens with one attached hydrogen (secondary N) is 2. The molecular weight excluding hydrogens is 406 g/mol. The highest BCUT2D eigenvalue weighted by atomic mass is 32.1. The van der Waals surface area contributed by atoms with E-state index in [4.69, 9.17) is 4.74 Å². The highest BCUT2D eigenvalue weighted by Crippen LogP contribution is 2.29. The normalized spacial score (nSPS) is 15.9. The number of fused-ring (bicyclic) bond motifs is 2. The number of imide groups is 1. The maximum absolute atomic E-state index is 12.6. The highest BCUT2D eigenvalue weighted by molar-refractivity contribution is 7.15. The van der Waals surface area contributed by atoms with Crippen molar-refractivity contribution in [1.29, 1.82) is 0 Å². The lowest BCUT2D eigenvalue weighted by molar-refractivity contribution is 0.0638. The Balaban J connectivity index is 1.41. The van der Waals surface area contributed by atoms with E-state index < -0.39 is 6.03 Å². The molecule has 4 amide bonds. The largest absolute Gasteiger partial charge is 0.385 e. The Bertz CT molecular complexity index is 1010. The van der Waals surface area contributed by atoms with E-state index in [1.807, 2.05) is 0 Å². The maximum Gasteiger partial charge on any atom is 0.325 e. The van der Waals surface area contributed by atoms with Gasteiger partial charge in [-0.2, -0.15) is 0 Å². The number of rotatable bonds is 6. The highest BCUT2D eigenvalue weighted by Gasteiger charge is 2.35. The van der Waals surface area contributed by atoms with E-state index in [2.05, 4.69) is 27.6 Å². The van der Waals surface area contributed by atoms with Crippen LogP contribution in [-0.4, -0.2) is 66.5 Å². The minimum atomic E-state index is -0.442. The van der Waals surface area contributed by atoms with Crippen molar-refractivity contribution in [2.75, 3.05) is 44.5 Å². The van der Waals surface area contributed by atoms with Gasteiger partial charge in [-0.1, -0.05) is 0 Å². The third-order valence-electron chi connectivity index (χ3n) is 5.10. The van der Waals surface area contributed by atoms with Gasteiger partial charge in [0.25, 0.3) is 11.8 Å². The summed E-state index contributed by atoms with van der Waals surface area (Å²) in [6.45, 7) is 2.55. The lowest BCUT2D eigenvalue weighted by Gasteiger charge is -2.20. The minimum absolute atomic E-state index is 0.294. The maximum atomic E-state index is 12.6. The SMILES string of the molecule is COCCCN1C(=O)c2ccc(NC(=O)Nc3nc4c(s3)CN(C)CC4)cc2C1=O. The molecule has 9 nitrogen and oxygen atoms in total. The molecule has 0 radical (unpaired) electrons. The van der Waals surface area contributed by atoms with Crippen molar-refractivity contribution in [3.05, 3.63) is 39.9 Å². The van der Waals surface area contributed by atoms with Crippen LogP contribution < -0.4 is 10.6 Å². The smallest absolute Gasteiger partial charge is 0.325 e. The summed E-state index contributed by atoms with van der Waals surface area (Å²) < 4.78 is 4.98. The van der Waals surface area contributed by atoms with Gasteiger partial charge in [-0.15, -0.1) is 11.3 Å². The molecule has 0 bridgehead atoms. The molecule has 10 heteroatoms. The first kappa shape index (κ1) is 20.5. The molecule has 0 atom stereocenters. The zero-order valence-electron chi connectivity index (χ0n) is 16.9. The Kier molecular flexibility index (Phi) is 5.80. The number of carbonyl (C=O) groups excluding carboxylic acids is 3. The molecule has 4 rings (SSSR count). The Morgan fingerprint density at radius 1 is 1.23 bits per heavy atom. The van der Waals surface area contributed by atoms with Crippen LogP contribution in [0.4, 0.5) is 15.6 Å². The van der Waals surface area contributed by atoms with Crippen molar-refractivity contribution >= 4 is 40.0 Å². The molecule has 3 heterocycles. The van der Waals surface area contributed by atoms with E-state index in [1.165, 1.54) is 22.3 Å². The van der Waals surface area contributed by atoms with Gasteiger partial charge in [0, 0.05) is 50.3 Å². The lowest BCUT2D eigenvalue weighted by Crippen LogP contribution is -2.31. The van der Waals surface area contributed by atoms with Crippen LogP contribution in [0.15, 0.2) is 18.2 Å². The molecule has 2 aromatic rings. The number of thiazole rings is 1. The van der Waals surface area contributed by atoms with Crippen LogP contribution >= 0.6 is 11.3 Å². The van der Waals surface area contributed by atoms with Crippen molar-refractivity contribution in [2.45, 2.75) is 19.4 Å². The van der Waals surface area contributed by atoms with E-state index in [1.54, 1.807) is 19.2 Å². The first-order valence-corrected chi connectivity index (χ1v) is 10.5. The number of methoxy groups -OCH3 is 1. The molecule has 2 N–H and O–H groups in total. The number of urea groups is 1. The quantitative estimate of drug-likeness (QED) is 0.540. The van der Waals surface area contributed by atoms with Crippen molar-refractivity contribution in [2.24, 2.45) is 0 Å². The molecule has 0 unspecified atom stereocenters. The molecule has 1 aromatic heterocycles. The number of nitrogens with zero attached hydrogens (tertiary/aromatic N) is 3. The van der Waals surface area contributed by atoms with E-state index >= 15 is 0 Å². The fraction of sp³-hybridized carbons (Fsp3) is 0.400. The Morgan fingerprint density at radius 2 is 2.03 bits per heavy atom. The molecule has 2 aliphatic rings. The lowest BCUT2D eigenvalue weighted by atomic mass is 10.1. The first-order valence-electron chi connectivity index (χ1n) is 9.70. The van der Waals surface area contributed by atoms with Gasteiger partial charge < -0.3 is 15.0 Å². The minimum Gasteiger partial charge on any atom is -0.385 e. The number of hydrogen-bond acceptors (Lipinski definition) is 7. The molecule has 158 valence electrons. The fourth-order valence-corrected chi connectivity index (χ4v) is 4.66. The van der Waals surface area contributed by atoms with Gasteiger partial charge in [0.2, 0.25) is 0 Å². The van der Waals surface area contributed by atoms with E-state index in [9.17, 15) is 14.4 Å². The van der Waals surface area contributed by atoms with Gasteiger partial charge in [0.05, 0.1) is 16.8 Å². The average Bonchev–Trinajstić information content (AvgIpc) is 3.20. The van der Waals surface area contributed by atoms with Gasteiger partial charge in [-0.25, -0.2) is 9.78 Å². The zero-order valence-corrected chi connectivity index (χ0v) is 17.7. The summed E-state index contributed by atoms with van der Waals surface area (Å²) in [5.74, 6) is -0.674. The van der Waals surface area contributed by atoms with E-state index in [-0.39, 0.29) is 11.8 Å². The fourth-order valence-electron chi connectivity index (χ4n) is 3.57. The molecule has 2 aliphatic heterocycles. The Morgan fingerprint density at radius 3 is 2.83 bits per heavy atom. The summed E-state index contributed by atoms with van der Waals surface area (Å²) in [5.41, 5.74) is 2.11. The summed E-state index contributed by atoms with van der Waals surface area (Å²) in [4.78, 5) is 46.5. The van der Waals surface area contributed by atoms with E-state index in [0.717, 1.165) is 30.1 Å². The Hall–Kier alpha value is -2.82. The second-order valence-corrected chi connectivity index (χ2v) is 8.41. The number of anilines is 2. The third-order valence-corrected chi connectivity index (χ3v) is 6.10. The number of hydrogen-bond donors (Lipinski definition) is 2. The second kappa shape index (κ2) is 8.50. The molecular formula is C20H23N5O4S. The number of benzene rings is 1. The number of amides is 4. The average molecular weight is 430 g/mol. The van der Waals surface area contributed by atoms with Crippen LogP contribution in [0, 0.1) is 0 Å². The second-order valence-electron chi connectivity index (χ2n) is 7.32.